The van der Waals surface area contributed by atoms with Gasteiger partial charge in [0.2, 0.25) is 5.91 Å². The third kappa shape index (κ3) is 7.54. The van der Waals surface area contributed by atoms with Crippen LogP contribution in [0.5, 0.6) is 5.75 Å². The highest BCUT2D eigenvalue weighted by atomic mass is 16.5. The fraction of sp³-hybridized carbons (Fsp3) is 0.412. The number of nitrogens with one attached hydrogen (secondary N) is 2. The van der Waals surface area contributed by atoms with Crippen LogP contribution in [0.15, 0.2) is 72.8 Å². The lowest BCUT2D eigenvalue weighted by Crippen LogP contribution is -2.48. The molecule has 3 aromatic rings. The Kier molecular flexibility index (Phi) is 9.70. The van der Waals surface area contributed by atoms with Gasteiger partial charge in [-0.2, -0.15) is 0 Å². The van der Waals surface area contributed by atoms with Crippen molar-refractivity contribution in [3.63, 3.8) is 0 Å². The summed E-state index contributed by atoms with van der Waals surface area (Å²) in [6.45, 7) is 1.56. The van der Waals surface area contributed by atoms with Crippen molar-refractivity contribution in [3.8, 4) is 5.75 Å². The maximum Gasteiger partial charge on any atom is 0.251 e. The first-order chi connectivity index (χ1) is 20.0. The Bertz CT molecular complexity index is 1320. The van der Waals surface area contributed by atoms with Gasteiger partial charge in [0.25, 0.3) is 5.91 Å². The number of nitrogens with zero attached hydrogens (tertiary/aromatic N) is 1. The number of benzene rings is 3. The van der Waals surface area contributed by atoms with Crippen molar-refractivity contribution in [1.82, 2.24) is 10.6 Å². The first-order valence-corrected chi connectivity index (χ1v) is 14.8. The van der Waals surface area contributed by atoms with Gasteiger partial charge in [0.1, 0.15) is 5.75 Å². The average molecular weight is 556 g/mol. The Morgan fingerprint density at radius 1 is 1.00 bits per heavy atom. The summed E-state index contributed by atoms with van der Waals surface area (Å²) in [6, 6.07) is 23.1. The zero-order valence-electron chi connectivity index (χ0n) is 23.9. The van der Waals surface area contributed by atoms with Gasteiger partial charge in [-0.3, -0.25) is 9.59 Å². The Balaban J connectivity index is 1.33. The van der Waals surface area contributed by atoms with Gasteiger partial charge < -0.3 is 25.4 Å². The molecule has 1 saturated heterocycles. The van der Waals surface area contributed by atoms with Crippen molar-refractivity contribution >= 4 is 17.5 Å². The molecular weight excluding hydrogens is 514 g/mol. The minimum absolute atomic E-state index is 0.111. The van der Waals surface area contributed by atoms with Crippen LogP contribution in [0.3, 0.4) is 0 Å². The van der Waals surface area contributed by atoms with Crippen LogP contribution in [-0.2, 0) is 17.8 Å². The third-order valence-electron chi connectivity index (χ3n) is 8.31. The van der Waals surface area contributed by atoms with Crippen molar-refractivity contribution in [2.24, 2.45) is 0 Å². The number of aliphatic hydroxyl groups excluding tert-OH is 1. The monoisotopic (exact) mass is 555 g/mol. The number of hydrogen-bond acceptors (Lipinski definition) is 5. The van der Waals surface area contributed by atoms with Crippen LogP contribution in [0.25, 0.3) is 0 Å². The Labute approximate surface area is 242 Å². The van der Waals surface area contributed by atoms with E-state index < -0.39 is 12.1 Å². The standard InChI is InChI=1S/C34H41N3O4/c1-41-30-14-7-11-25(17-30)22-35-23-32(38)31(18-24-9-3-2-4-10-24)36-34(40)28-19-27(26-12-5-6-13-26)20-29(21-28)37-16-8-15-33(37)39/h2-4,7,9-11,14,17,19-21,26,31-32,35,38H,5-6,8,12-13,15-16,18,22-23H2,1H3,(H,36,40). The van der Waals surface area contributed by atoms with Gasteiger partial charge in [0.05, 0.1) is 19.3 Å². The maximum absolute atomic E-state index is 13.8. The molecule has 1 aliphatic heterocycles. The molecule has 7 heteroatoms. The summed E-state index contributed by atoms with van der Waals surface area (Å²) in [5, 5.41) is 17.8. The quantitative estimate of drug-likeness (QED) is 0.294. The van der Waals surface area contributed by atoms with Gasteiger partial charge in [-0.25, -0.2) is 0 Å². The second-order valence-corrected chi connectivity index (χ2v) is 11.3. The van der Waals surface area contributed by atoms with Crippen LogP contribution in [0.4, 0.5) is 5.69 Å². The van der Waals surface area contributed by atoms with E-state index >= 15 is 0 Å². The smallest absolute Gasteiger partial charge is 0.251 e. The SMILES string of the molecule is COc1cccc(CNCC(O)C(Cc2ccccc2)NC(=O)c2cc(C3CCCC3)cc(N3CCCC3=O)c2)c1. The van der Waals surface area contributed by atoms with Crippen molar-refractivity contribution in [2.45, 2.75) is 69.6 Å². The lowest BCUT2D eigenvalue weighted by Gasteiger charge is -2.26. The highest BCUT2D eigenvalue weighted by molar-refractivity contribution is 5.99. The summed E-state index contributed by atoms with van der Waals surface area (Å²) < 4.78 is 5.31. The molecule has 216 valence electrons. The molecular formula is C34H41N3O4. The van der Waals surface area contributed by atoms with Crippen molar-refractivity contribution in [2.75, 3.05) is 25.1 Å². The van der Waals surface area contributed by atoms with Crippen LogP contribution in [0.1, 0.15) is 71.5 Å². The number of rotatable bonds is 12. The fourth-order valence-electron chi connectivity index (χ4n) is 6.03. The molecule has 2 aliphatic rings. The van der Waals surface area contributed by atoms with Crippen molar-refractivity contribution < 1.29 is 19.4 Å². The van der Waals surface area contributed by atoms with E-state index in [2.05, 4.69) is 16.7 Å². The molecule has 2 unspecified atom stereocenters. The lowest BCUT2D eigenvalue weighted by atomic mass is 9.94. The lowest BCUT2D eigenvalue weighted by molar-refractivity contribution is -0.117. The van der Waals surface area contributed by atoms with Gasteiger partial charge in [-0.05, 0) is 78.6 Å². The Hall–Kier alpha value is -3.68. The van der Waals surface area contributed by atoms with E-state index in [9.17, 15) is 14.7 Å². The van der Waals surface area contributed by atoms with Gasteiger partial charge in [-0.1, -0.05) is 55.3 Å². The molecule has 3 N–H and O–H groups in total. The van der Waals surface area contributed by atoms with E-state index in [0.29, 0.717) is 44.0 Å². The van der Waals surface area contributed by atoms with Gasteiger partial charge >= 0.3 is 0 Å². The molecule has 2 fully saturated rings. The summed E-state index contributed by atoms with van der Waals surface area (Å²) in [6.07, 6.45) is 5.64. The molecule has 5 rings (SSSR count). The van der Waals surface area contributed by atoms with Gasteiger partial charge in [-0.15, -0.1) is 0 Å². The number of ether oxygens (including phenoxy) is 1. The number of anilines is 1. The van der Waals surface area contributed by atoms with Crippen LogP contribution in [0, 0.1) is 0 Å². The summed E-state index contributed by atoms with van der Waals surface area (Å²) in [4.78, 5) is 28.2. The number of hydrogen-bond donors (Lipinski definition) is 3. The van der Waals surface area contributed by atoms with Crippen LogP contribution >= 0.6 is 0 Å². The minimum Gasteiger partial charge on any atom is -0.497 e. The molecule has 0 radical (unpaired) electrons. The number of carbonyl (C=O) groups is 2. The summed E-state index contributed by atoms with van der Waals surface area (Å²) in [5.74, 6) is 1.07. The van der Waals surface area contributed by atoms with E-state index in [1.165, 1.54) is 12.8 Å². The van der Waals surface area contributed by atoms with E-state index in [4.69, 9.17) is 4.74 Å². The topological polar surface area (TPSA) is 90.9 Å². The minimum atomic E-state index is -0.817. The molecule has 2 amide bonds. The highest BCUT2D eigenvalue weighted by Gasteiger charge is 2.27. The average Bonchev–Trinajstić information content (AvgIpc) is 3.69. The van der Waals surface area contributed by atoms with Gasteiger partial charge in [0.15, 0.2) is 0 Å². The molecule has 0 aromatic heterocycles. The van der Waals surface area contributed by atoms with Crippen LogP contribution in [0.2, 0.25) is 0 Å². The zero-order chi connectivity index (χ0) is 28.6. The molecule has 0 spiro atoms. The highest BCUT2D eigenvalue weighted by Crippen LogP contribution is 2.37. The van der Waals surface area contributed by atoms with E-state index in [1.54, 1.807) is 7.11 Å². The molecule has 0 bridgehead atoms. The second-order valence-electron chi connectivity index (χ2n) is 11.3. The molecule has 1 aliphatic carbocycles. The summed E-state index contributed by atoms with van der Waals surface area (Å²) in [7, 11) is 1.64. The third-order valence-corrected chi connectivity index (χ3v) is 8.31. The second kappa shape index (κ2) is 13.8. The number of amides is 2. The predicted octanol–water partition coefficient (Wildman–Crippen LogP) is 4.97. The van der Waals surface area contributed by atoms with Crippen molar-refractivity contribution in [1.29, 1.82) is 0 Å². The van der Waals surface area contributed by atoms with E-state index in [1.807, 2.05) is 71.6 Å². The largest absolute Gasteiger partial charge is 0.497 e. The van der Waals surface area contributed by atoms with Crippen LogP contribution < -0.4 is 20.3 Å². The van der Waals surface area contributed by atoms with Crippen LogP contribution in [-0.4, -0.2) is 49.3 Å². The molecule has 2 atom stereocenters. The molecule has 41 heavy (non-hydrogen) atoms. The summed E-state index contributed by atoms with van der Waals surface area (Å²) in [5.41, 5.74) is 4.56. The molecule has 1 heterocycles. The zero-order valence-corrected chi connectivity index (χ0v) is 23.9. The first kappa shape index (κ1) is 28.8. The molecule has 3 aromatic carbocycles. The molecule has 1 saturated carbocycles. The maximum atomic E-state index is 13.8. The number of aliphatic hydroxyl groups is 1. The molecule has 7 nitrogen and oxygen atoms in total. The predicted molar refractivity (Wildman–Crippen MR) is 161 cm³/mol. The number of methoxy groups -OCH3 is 1. The summed E-state index contributed by atoms with van der Waals surface area (Å²) >= 11 is 0. The van der Waals surface area contributed by atoms with E-state index in [-0.39, 0.29) is 11.8 Å². The Morgan fingerprint density at radius 2 is 1.78 bits per heavy atom. The Morgan fingerprint density at radius 3 is 2.51 bits per heavy atom. The number of carbonyl (C=O) groups excluding carboxylic acids is 2. The normalized spacial score (nSPS) is 17.0. The van der Waals surface area contributed by atoms with Crippen molar-refractivity contribution in [3.05, 3.63) is 95.1 Å². The van der Waals surface area contributed by atoms with E-state index in [0.717, 1.165) is 47.4 Å². The van der Waals surface area contributed by atoms with Gasteiger partial charge in [0, 0.05) is 37.3 Å². The fourth-order valence-corrected chi connectivity index (χ4v) is 6.03. The first-order valence-electron chi connectivity index (χ1n) is 14.8.